The Kier molecular flexibility index (Phi) is 3.97. The van der Waals surface area contributed by atoms with Gasteiger partial charge in [-0.1, -0.05) is 92.5 Å². The molecule has 4 aliphatic rings. The fourth-order valence-corrected chi connectivity index (χ4v) is 8.06. The Morgan fingerprint density at radius 3 is 1.50 bits per heavy atom. The summed E-state index contributed by atoms with van der Waals surface area (Å²) in [6.45, 7) is 0. The summed E-state index contributed by atoms with van der Waals surface area (Å²) in [5.74, 6) is -3.47. The zero-order valence-corrected chi connectivity index (χ0v) is 19.6. The van der Waals surface area contributed by atoms with Crippen LogP contribution >= 0.6 is 31.9 Å². The van der Waals surface area contributed by atoms with Crippen molar-refractivity contribution in [3.8, 4) is 0 Å². The predicted molar refractivity (Wildman–Crippen MR) is 125 cm³/mol. The molecule has 0 saturated carbocycles. The number of hydrogen-bond donors (Lipinski definition) is 1. The SMILES string of the molecule is O=C(O)c1ccccc1N1C(=O)C2C(C1=O)C1(Br)c3ccccc3C2(Br)c2ccccc21. The van der Waals surface area contributed by atoms with Crippen LogP contribution < -0.4 is 4.90 Å². The molecule has 0 radical (unpaired) electrons. The zero-order chi connectivity index (χ0) is 22.4. The van der Waals surface area contributed by atoms with Crippen LogP contribution in [-0.4, -0.2) is 22.9 Å². The summed E-state index contributed by atoms with van der Waals surface area (Å²) in [5, 5.41) is 9.69. The molecule has 2 atom stereocenters. The Hall–Kier alpha value is -2.77. The summed E-state index contributed by atoms with van der Waals surface area (Å²) in [4.78, 5) is 40.8. The van der Waals surface area contributed by atoms with Gasteiger partial charge in [-0.25, -0.2) is 9.69 Å². The maximum atomic E-state index is 13.9. The van der Waals surface area contributed by atoms with Crippen LogP contribution in [-0.2, 0) is 18.2 Å². The number of benzene rings is 3. The van der Waals surface area contributed by atoms with Crippen molar-refractivity contribution < 1.29 is 19.5 Å². The van der Waals surface area contributed by atoms with Gasteiger partial charge in [-0.2, -0.15) is 0 Å². The van der Waals surface area contributed by atoms with Gasteiger partial charge in [-0.05, 0) is 34.4 Å². The lowest BCUT2D eigenvalue weighted by Crippen LogP contribution is -2.56. The zero-order valence-electron chi connectivity index (χ0n) is 16.5. The van der Waals surface area contributed by atoms with Crippen molar-refractivity contribution in [1.82, 2.24) is 0 Å². The van der Waals surface area contributed by atoms with E-state index in [0.717, 1.165) is 27.2 Å². The van der Waals surface area contributed by atoms with E-state index in [1.54, 1.807) is 12.1 Å². The molecule has 2 unspecified atom stereocenters. The molecule has 7 heteroatoms. The lowest BCUT2D eigenvalue weighted by molar-refractivity contribution is -0.122. The number of carboxylic acid groups (broad SMARTS) is 1. The second kappa shape index (κ2) is 6.39. The molecule has 2 bridgehead atoms. The third-order valence-corrected chi connectivity index (χ3v) is 9.66. The Balaban J connectivity index is 1.66. The number of halogens is 2. The van der Waals surface area contributed by atoms with Crippen LogP contribution in [0.15, 0.2) is 72.8 Å². The van der Waals surface area contributed by atoms with E-state index in [1.807, 2.05) is 48.5 Å². The van der Waals surface area contributed by atoms with Gasteiger partial charge >= 0.3 is 5.97 Å². The van der Waals surface area contributed by atoms with E-state index >= 15 is 0 Å². The molecule has 3 aliphatic carbocycles. The number of nitrogens with zero attached hydrogens (tertiary/aromatic N) is 1. The van der Waals surface area contributed by atoms with Gasteiger partial charge in [0.1, 0.15) is 0 Å². The predicted octanol–water partition coefficient (Wildman–Crippen LogP) is 4.79. The smallest absolute Gasteiger partial charge is 0.337 e. The number of carbonyl (C=O) groups excluding carboxylic acids is 2. The van der Waals surface area contributed by atoms with Crippen LogP contribution in [0.4, 0.5) is 5.69 Å². The molecular weight excluding hydrogens is 538 g/mol. The first-order valence-corrected chi connectivity index (χ1v) is 11.7. The minimum absolute atomic E-state index is 0.0810. The first kappa shape index (κ1) is 19.9. The van der Waals surface area contributed by atoms with Crippen LogP contribution in [0.25, 0.3) is 0 Å². The summed E-state index contributed by atoms with van der Waals surface area (Å²) in [7, 11) is 0. The van der Waals surface area contributed by atoms with E-state index < -0.39 is 38.3 Å². The summed E-state index contributed by atoms with van der Waals surface area (Å²) in [6, 6.07) is 21.8. The average Bonchev–Trinajstić information content (AvgIpc) is 3.08. The highest BCUT2D eigenvalue weighted by atomic mass is 79.9. The molecule has 0 aromatic heterocycles. The quantitative estimate of drug-likeness (QED) is 0.366. The minimum Gasteiger partial charge on any atom is -0.478 e. The highest BCUT2D eigenvalue weighted by Gasteiger charge is 2.72. The number of para-hydroxylation sites is 1. The molecule has 3 aromatic rings. The fraction of sp³-hybridized carbons (Fsp3) is 0.160. The monoisotopic (exact) mass is 551 g/mol. The number of carboxylic acids is 1. The molecule has 1 N–H and O–H groups in total. The molecule has 32 heavy (non-hydrogen) atoms. The summed E-state index contributed by atoms with van der Waals surface area (Å²) in [5.41, 5.74) is 3.77. The number of aromatic carboxylic acids is 1. The molecule has 7 rings (SSSR count). The molecule has 1 fully saturated rings. The van der Waals surface area contributed by atoms with Gasteiger partial charge in [0, 0.05) is 0 Å². The standard InChI is InChI=1S/C25H15Br2NO4/c26-24-14-8-2-3-9-15(14)25(27,17-11-5-4-10-16(17)24)20-19(24)21(29)28(22(20)30)18-12-6-1-7-13(18)23(31)32/h1-12,19-20H,(H,31,32). The van der Waals surface area contributed by atoms with E-state index in [-0.39, 0.29) is 11.3 Å². The number of imide groups is 1. The summed E-state index contributed by atoms with van der Waals surface area (Å²) in [6.07, 6.45) is 0. The van der Waals surface area contributed by atoms with E-state index in [2.05, 4.69) is 31.9 Å². The molecule has 3 aromatic carbocycles. The third kappa shape index (κ3) is 2.11. The van der Waals surface area contributed by atoms with Gasteiger partial charge in [-0.15, -0.1) is 0 Å². The number of carbonyl (C=O) groups is 3. The van der Waals surface area contributed by atoms with Crippen molar-refractivity contribution in [3.05, 3.63) is 101 Å². The minimum atomic E-state index is -1.19. The number of amides is 2. The number of alkyl halides is 2. The van der Waals surface area contributed by atoms with Crippen LogP contribution in [0.3, 0.4) is 0 Å². The van der Waals surface area contributed by atoms with E-state index in [0.29, 0.717) is 0 Å². The average molecular weight is 553 g/mol. The first-order chi connectivity index (χ1) is 15.3. The van der Waals surface area contributed by atoms with Gasteiger partial charge in [0.2, 0.25) is 11.8 Å². The third-order valence-electron chi connectivity index (χ3n) is 6.96. The second-order valence-corrected chi connectivity index (χ2v) is 10.8. The molecule has 1 aliphatic heterocycles. The lowest BCUT2D eigenvalue weighted by atomic mass is 9.54. The maximum absolute atomic E-state index is 13.9. The second-order valence-electron chi connectivity index (χ2n) is 8.30. The Morgan fingerprint density at radius 2 is 1.09 bits per heavy atom. The van der Waals surface area contributed by atoms with Crippen molar-refractivity contribution in [2.24, 2.45) is 11.8 Å². The lowest BCUT2D eigenvalue weighted by Gasteiger charge is -2.55. The highest BCUT2D eigenvalue weighted by molar-refractivity contribution is 9.10. The van der Waals surface area contributed by atoms with Gasteiger partial charge in [0.15, 0.2) is 0 Å². The van der Waals surface area contributed by atoms with Gasteiger partial charge in [0.25, 0.3) is 0 Å². The largest absolute Gasteiger partial charge is 0.478 e. The van der Waals surface area contributed by atoms with Crippen molar-refractivity contribution >= 4 is 55.3 Å². The number of hydrogen-bond acceptors (Lipinski definition) is 3. The van der Waals surface area contributed by atoms with E-state index in [9.17, 15) is 19.5 Å². The van der Waals surface area contributed by atoms with Gasteiger partial charge in [-0.3, -0.25) is 9.59 Å². The molecule has 158 valence electrons. The Morgan fingerprint density at radius 1 is 0.719 bits per heavy atom. The molecule has 2 amide bonds. The van der Waals surface area contributed by atoms with Crippen LogP contribution in [0.2, 0.25) is 0 Å². The number of anilines is 1. The highest BCUT2D eigenvalue weighted by Crippen LogP contribution is 2.70. The first-order valence-electron chi connectivity index (χ1n) is 10.1. The van der Waals surface area contributed by atoms with Crippen LogP contribution in [0.1, 0.15) is 32.6 Å². The van der Waals surface area contributed by atoms with E-state index in [4.69, 9.17) is 0 Å². The van der Waals surface area contributed by atoms with Crippen molar-refractivity contribution in [2.45, 2.75) is 8.65 Å². The van der Waals surface area contributed by atoms with E-state index in [1.165, 1.54) is 12.1 Å². The van der Waals surface area contributed by atoms with Crippen molar-refractivity contribution in [3.63, 3.8) is 0 Å². The normalized spacial score (nSPS) is 29.5. The molecule has 1 heterocycles. The van der Waals surface area contributed by atoms with Gasteiger partial charge in [0.05, 0.1) is 31.7 Å². The van der Waals surface area contributed by atoms with Crippen molar-refractivity contribution in [2.75, 3.05) is 4.90 Å². The maximum Gasteiger partial charge on any atom is 0.337 e. The Bertz CT molecular complexity index is 1250. The summed E-state index contributed by atoms with van der Waals surface area (Å²) >= 11 is 7.88. The topological polar surface area (TPSA) is 74.7 Å². The van der Waals surface area contributed by atoms with Crippen LogP contribution in [0, 0.1) is 11.8 Å². The fourth-order valence-electron chi connectivity index (χ4n) is 5.75. The molecule has 1 saturated heterocycles. The number of rotatable bonds is 2. The Labute approximate surface area is 200 Å². The molecule has 0 spiro atoms. The summed E-state index contributed by atoms with van der Waals surface area (Å²) < 4.78 is -1.81. The molecular formula is C25H15Br2NO4. The van der Waals surface area contributed by atoms with Crippen LogP contribution in [0.5, 0.6) is 0 Å². The van der Waals surface area contributed by atoms with Crippen molar-refractivity contribution in [1.29, 1.82) is 0 Å². The molecule has 5 nitrogen and oxygen atoms in total. The van der Waals surface area contributed by atoms with Gasteiger partial charge < -0.3 is 5.11 Å².